The molecule has 0 bridgehead atoms. The zero-order valence-corrected chi connectivity index (χ0v) is 8.32. The van der Waals surface area contributed by atoms with Gasteiger partial charge in [-0.2, -0.15) is 0 Å². The fraction of sp³-hybridized carbons (Fsp3) is 0.375. The fourth-order valence-corrected chi connectivity index (χ4v) is 1.12. The molecule has 0 saturated heterocycles. The molecule has 1 heterocycles. The summed E-state index contributed by atoms with van der Waals surface area (Å²) >= 11 is 1.42. The molecule has 0 radical (unpaired) electrons. The van der Waals surface area contributed by atoms with E-state index >= 15 is 0 Å². The molecule has 0 spiro atoms. The Hall–Kier alpha value is -0.810. The number of hydrogen-bond acceptors (Lipinski definition) is 4. The monoisotopic (exact) mass is 202 g/mol. The minimum Gasteiger partial charge on any atom is -0.481 e. The molecule has 0 fully saturated rings. The lowest BCUT2D eigenvalue weighted by molar-refractivity contribution is 0.393. The van der Waals surface area contributed by atoms with Crippen molar-refractivity contribution in [1.82, 2.24) is 9.71 Å². The van der Waals surface area contributed by atoms with Gasteiger partial charge in [0.05, 0.1) is 19.3 Å². The van der Waals surface area contributed by atoms with Gasteiger partial charge >= 0.3 is 0 Å². The summed E-state index contributed by atoms with van der Waals surface area (Å²) in [7, 11) is 1.51. The highest BCUT2D eigenvalue weighted by atomic mass is 32.2. The number of methoxy groups -OCH3 is 1. The van der Waals surface area contributed by atoms with Crippen molar-refractivity contribution in [2.75, 3.05) is 13.4 Å². The summed E-state index contributed by atoms with van der Waals surface area (Å²) < 4.78 is 20.9. The Morgan fingerprint density at radius 1 is 1.62 bits per heavy atom. The van der Waals surface area contributed by atoms with Crippen LogP contribution in [0.4, 0.5) is 4.39 Å². The lowest BCUT2D eigenvalue weighted by Gasteiger charge is -2.04. The van der Waals surface area contributed by atoms with Crippen LogP contribution in [0, 0.1) is 5.82 Å². The normalized spacial score (nSPS) is 10.1. The summed E-state index contributed by atoms with van der Waals surface area (Å²) in [5.41, 5.74) is 0.369. The highest BCUT2D eigenvalue weighted by Gasteiger charge is 2.04. The largest absolute Gasteiger partial charge is 0.481 e. The van der Waals surface area contributed by atoms with E-state index in [-0.39, 0.29) is 5.82 Å². The number of nitrogens with zero attached hydrogens (tertiary/aromatic N) is 1. The van der Waals surface area contributed by atoms with Gasteiger partial charge in [-0.15, -0.1) is 0 Å². The average molecular weight is 202 g/mol. The summed E-state index contributed by atoms with van der Waals surface area (Å²) in [6, 6.07) is 2.85. The van der Waals surface area contributed by atoms with Gasteiger partial charge in [0.15, 0.2) is 0 Å². The van der Waals surface area contributed by atoms with Crippen molar-refractivity contribution in [3.63, 3.8) is 0 Å². The topological polar surface area (TPSA) is 34.1 Å². The van der Waals surface area contributed by atoms with Crippen molar-refractivity contribution in [3.8, 4) is 5.88 Å². The molecule has 1 N–H and O–H groups in total. The summed E-state index contributed by atoms with van der Waals surface area (Å²) in [6.07, 6.45) is 1.87. The minimum absolute atomic E-state index is 0.317. The van der Waals surface area contributed by atoms with Gasteiger partial charge in [0.2, 0.25) is 5.88 Å². The highest BCUT2D eigenvalue weighted by molar-refractivity contribution is 7.96. The van der Waals surface area contributed by atoms with Crippen LogP contribution in [-0.2, 0) is 6.54 Å². The summed E-state index contributed by atoms with van der Waals surface area (Å²) in [5, 5.41) is 0. The van der Waals surface area contributed by atoms with E-state index in [1.807, 2.05) is 6.26 Å². The van der Waals surface area contributed by atoms with Crippen molar-refractivity contribution >= 4 is 11.9 Å². The molecule has 1 rings (SSSR count). The van der Waals surface area contributed by atoms with Crippen LogP contribution >= 0.6 is 11.9 Å². The Balaban J connectivity index is 2.78. The first-order valence-corrected chi connectivity index (χ1v) is 4.95. The predicted molar refractivity (Wildman–Crippen MR) is 51.1 cm³/mol. The summed E-state index contributed by atoms with van der Waals surface area (Å²) in [5.74, 6) is 0.113. The molecule has 3 nitrogen and oxygen atoms in total. The zero-order valence-electron chi connectivity index (χ0n) is 7.50. The quantitative estimate of drug-likeness (QED) is 0.752. The minimum atomic E-state index is -0.317. The van der Waals surface area contributed by atoms with Crippen molar-refractivity contribution in [3.05, 3.63) is 23.6 Å². The predicted octanol–water partition coefficient (Wildman–Crippen LogP) is 1.60. The molecule has 0 unspecified atom stereocenters. The number of halogens is 1. The third kappa shape index (κ3) is 2.86. The van der Waals surface area contributed by atoms with Crippen LogP contribution in [0.25, 0.3) is 0 Å². The van der Waals surface area contributed by atoms with E-state index in [2.05, 4.69) is 9.71 Å². The highest BCUT2D eigenvalue weighted by Crippen LogP contribution is 2.11. The second kappa shape index (κ2) is 5.04. The second-order valence-corrected chi connectivity index (χ2v) is 3.00. The maximum absolute atomic E-state index is 13.1. The lowest BCUT2D eigenvalue weighted by atomic mass is 10.3. The van der Waals surface area contributed by atoms with E-state index in [0.29, 0.717) is 18.1 Å². The molecule has 0 amide bonds. The molecule has 5 heteroatoms. The van der Waals surface area contributed by atoms with Gasteiger partial charge in [-0.1, -0.05) is 11.9 Å². The molecule has 0 aliphatic heterocycles. The molecular weight excluding hydrogens is 191 g/mol. The number of hydrogen-bond donors (Lipinski definition) is 1. The van der Waals surface area contributed by atoms with E-state index in [1.54, 1.807) is 0 Å². The smallest absolute Gasteiger partial charge is 0.213 e. The van der Waals surface area contributed by atoms with E-state index in [1.165, 1.54) is 31.2 Å². The van der Waals surface area contributed by atoms with Crippen molar-refractivity contribution in [2.45, 2.75) is 6.54 Å². The fourth-order valence-electron chi connectivity index (χ4n) is 0.843. The number of ether oxygens (including phenoxy) is 1. The number of pyridine rings is 1. The van der Waals surface area contributed by atoms with Gasteiger partial charge in [-0.3, -0.25) is 4.72 Å². The maximum Gasteiger partial charge on any atom is 0.213 e. The molecule has 72 valence electrons. The van der Waals surface area contributed by atoms with Crippen LogP contribution in [0.1, 0.15) is 5.69 Å². The number of rotatable bonds is 4. The number of nitrogens with one attached hydrogen (secondary N) is 1. The molecular formula is C8H11FN2OS. The van der Waals surface area contributed by atoms with Crippen LogP contribution in [-0.4, -0.2) is 18.3 Å². The molecule has 0 aliphatic rings. The molecule has 13 heavy (non-hydrogen) atoms. The summed E-state index contributed by atoms with van der Waals surface area (Å²) in [4.78, 5) is 3.96. The second-order valence-electron chi connectivity index (χ2n) is 2.31. The Kier molecular flexibility index (Phi) is 3.98. The van der Waals surface area contributed by atoms with Gasteiger partial charge in [0, 0.05) is 6.07 Å². The van der Waals surface area contributed by atoms with E-state index in [0.717, 1.165) is 0 Å². The zero-order chi connectivity index (χ0) is 9.68. The van der Waals surface area contributed by atoms with Crippen molar-refractivity contribution < 1.29 is 9.13 Å². The molecule has 0 atom stereocenters. The molecule has 0 saturated carbocycles. The van der Waals surface area contributed by atoms with Crippen LogP contribution in [0.2, 0.25) is 0 Å². The van der Waals surface area contributed by atoms with Crippen molar-refractivity contribution in [2.24, 2.45) is 0 Å². The first-order chi connectivity index (χ1) is 6.27. The van der Waals surface area contributed by atoms with Gasteiger partial charge < -0.3 is 4.74 Å². The Morgan fingerprint density at radius 2 is 2.38 bits per heavy atom. The van der Waals surface area contributed by atoms with E-state index in [4.69, 9.17) is 4.74 Å². The lowest BCUT2D eigenvalue weighted by Crippen LogP contribution is -2.07. The average Bonchev–Trinajstić information content (AvgIpc) is 2.17. The van der Waals surface area contributed by atoms with E-state index < -0.39 is 0 Å². The molecule has 0 aliphatic carbocycles. The van der Waals surface area contributed by atoms with Gasteiger partial charge in [0.1, 0.15) is 5.82 Å². The standard InChI is InChI=1S/C8H11FN2OS/c1-12-8-4-3-6(9)7(11-8)5-10-13-2/h3-4,10H,5H2,1-2H3. The van der Waals surface area contributed by atoms with E-state index in [9.17, 15) is 4.39 Å². The van der Waals surface area contributed by atoms with Gasteiger partial charge in [0.25, 0.3) is 0 Å². The third-order valence-electron chi connectivity index (χ3n) is 1.49. The number of aromatic nitrogens is 1. The first-order valence-electron chi connectivity index (χ1n) is 3.73. The van der Waals surface area contributed by atoms with Gasteiger partial charge in [-0.25, -0.2) is 9.37 Å². The molecule has 1 aromatic rings. The third-order valence-corrected chi connectivity index (χ3v) is 1.92. The van der Waals surface area contributed by atoms with Crippen LogP contribution in [0.3, 0.4) is 0 Å². The van der Waals surface area contributed by atoms with Crippen LogP contribution in [0.15, 0.2) is 12.1 Å². The van der Waals surface area contributed by atoms with Crippen molar-refractivity contribution in [1.29, 1.82) is 0 Å². The van der Waals surface area contributed by atoms with Gasteiger partial charge in [-0.05, 0) is 12.3 Å². The Bertz CT molecular complexity index is 283. The first kappa shape index (κ1) is 10.3. The molecule has 1 aromatic heterocycles. The molecule has 0 aromatic carbocycles. The summed E-state index contributed by atoms with van der Waals surface area (Å²) in [6.45, 7) is 0.393. The van der Waals surface area contributed by atoms with Crippen LogP contribution < -0.4 is 9.46 Å². The SMILES string of the molecule is COc1ccc(F)c(CNSC)n1. The Labute approximate surface area is 80.8 Å². The van der Waals surface area contributed by atoms with Crippen LogP contribution in [0.5, 0.6) is 5.88 Å². The Morgan fingerprint density at radius 3 is 3.00 bits per heavy atom. The maximum atomic E-state index is 13.1.